The molecule has 1 unspecified atom stereocenters. The Morgan fingerprint density at radius 1 is 1.21 bits per heavy atom. The summed E-state index contributed by atoms with van der Waals surface area (Å²) in [5, 5.41) is -0.121. The van der Waals surface area contributed by atoms with Crippen LogP contribution in [0, 0.1) is 5.82 Å². The minimum absolute atomic E-state index is 0.121. The van der Waals surface area contributed by atoms with Crippen molar-refractivity contribution in [1.82, 2.24) is 0 Å². The van der Waals surface area contributed by atoms with E-state index in [0.29, 0.717) is 6.42 Å². The zero-order valence-electron chi connectivity index (χ0n) is 10.3. The first-order chi connectivity index (χ1) is 9.17. The highest BCUT2D eigenvalue weighted by Crippen LogP contribution is 2.44. The summed E-state index contributed by atoms with van der Waals surface area (Å²) in [6.07, 6.45) is 0.699. The van der Waals surface area contributed by atoms with E-state index in [1.165, 1.54) is 6.07 Å². The average Bonchev–Trinajstić information content (AvgIpc) is 2.54. The summed E-state index contributed by atoms with van der Waals surface area (Å²) in [7, 11) is 1.64. The molecule has 2 aromatic carbocycles. The lowest BCUT2D eigenvalue weighted by Gasteiger charge is -2.11. The Morgan fingerprint density at radius 2 is 2.05 bits per heavy atom. The molecule has 1 aliphatic rings. The molecule has 4 heteroatoms. The lowest BCUT2D eigenvalue weighted by Crippen LogP contribution is -1.96. The van der Waals surface area contributed by atoms with Gasteiger partial charge in [0.15, 0.2) is 0 Å². The molecule has 19 heavy (non-hydrogen) atoms. The van der Waals surface area contributed by atoms with E-state index in [-0.39, 0.29) is 11.2 Å². The molecule has 2 aromatic rings. The van der Waals surface area contributed by atoms with Gasteiger partial charge in [0, 0.05) is 9.79 Å². The fraction of sp³-hybridized carbons (Fsp3) is 0.200. The summed E-state index contributed by atoms with van der Waals surface area (Å²) in [5.74, 6) is 0.580. The van der Waals surface area contributed by atoms with Gasteiger partial charge in [-0.1, -0.05) is 17.8 Å². The molecule has 0 aromatic heterocycles. The van der Waals surface area contributed by atoms with Crippen molar-refractivity contribution in [2.45, 2.75) is 21.6 Å². The van der Waals surface area contributed by atoms with E-state index in [1.807, 2.05) is 24.3 Å². The van der Waals surface area contributed by atoms with Gasteiger partial charge in [0.2, 0.25) is 0 Å². The predicted octanol–water partition coefficient (Wildman–Crippen LogP) is 4.82. The molecule has 0 radical (unpaired) electrons. The van der Waals surface area contributed by atoms with E-state index in [9.17, 15) is 4.39 Å². The topological polar surface area (TPSA) is 9.23 Å². The lowest BCUT2D eigenvalue weighted by atomic mass is 10.0. The molecule has 0 saturated carbocycles. The summed E-state index contributed by atoms with van der Waals surface area (Å²) < 4.78 is 18.6. The SMILES string of the molecule is COc1ccc2c(c1)C(Cl)Cc1ccc(F)cc1S2. The molecule has 0 N–H and O–H groups in total. The van der Waals surface area contributed by atoms with E-state index in [2.05, 4.69) is 0 Å². The fourth-order valence-corrected chi connectivity index (χ4v) is 3.76. The number of rotatable bonds is 1. The Bertz CT molecular complexity index is 630. The monoisotopic (exact) mass is 294 g/mol. The largest absolute Gasteiger partial charge is 0.497 e. The third kappa shape index (κ3) is 2.45. The molecule has 0 saturated heterocycles. The van der Waals surface area contributed by atoms with E-state index in [0.717, 1.165) is 26.7 Å². The van der Waals surface area contributed by atoms with E-state index < -0.39 is 0 Å². The number of methoxy groups -OCH3 is 1. The second-order valence-electron chi connectivity index (χ2n) is 4.43. The van der Waals surface area contributed by atoms with Crippen molar-refractivity contribution in [3.8, 4) is 5.75 Å². The second-order valence-corrected chi connectivity index (χ2v) is 6.04. The predicted molar refractivity (Wildman–Crippen MR) is 75.8 cm³/mol. The maximum Gasteiger partial charge on any atom is 0.124 e. The average molecular weight is 295 g/mol. The Hall–Kier alpha value is -1.19. The molecule has 1 aliphatic heterocycles. The van der Waals surface area contributed by atoms with Crippen LogP contribution in [0.2, 0.25) is 0 Å². The third-order valence-electron chi connectivity index (χ3n) is 3.20. The number of fused-ring (bicyclic) bond motifs is 2. The van der Waals surface area contributed by atoms with Gasteiger partial charge in [-0.3, -0.25) is 0 Å². The lowest BCUT2D eigenvalue weighted by molar-refractivity contribution is 0.413. The van der Waals surface area contributed by atoms with Crippen molar-refractivity contribution < 1.29 is 9.13 Å². The van der Waals surface area contributed by atoms with Crippen LogP contribution in [0.25, 0.3) is 0 Å². The molecule has 1 heterocycles. The fourth-order valence-electron chi connectivity index (χ4n) is 2.20. The molecular weight excluding hydrogens is 283 g/mol. The maximum absolute atomic E-state index is 13.4. The zero-order valence-corrected chi connectivity index (χ0v) is 11.9. The summed E-state index contributed by atoms with van der Waals surface area (Å²) >= 11 is 8.05. The van der Waals surface area contributed by atoms with Crippen LogP contribution in [0.5, 0.6) is 5.75 Å². The van der Waals surface area contributed by atoms with Crippen molar-refractivity contribution in [2.75, 3.05) is 7.11 Å². The normalized spacial score (nSPS) is 17.3. The highest BCUT2D eigenvalue weighted by molar-refractivity contribution is 7.99. The van der Waals surface area contributed by atoms with Crippen LogP contribution in [0.1, 0.15) is 16.5 Å². The summed E-state index contributed by atoms with van der Waals surface area (Å²) in [4.78, 5) is 2.00. The summed E-state index contributed by atoms with van der Waals surface area (Å²) in [6.45, 7) is 0. The zero-order chi connectivity index (χ0) is 13.4. The molecule has 0 fully saturated rings. The third-order valence-corrected chi connectivity index (χ3v) is 4.78. The first kappa shape index (κ1) is 12.8. The van der Waals surface area contributed by atoms with Crippen LogP contribution in [0.15, 0.2) is 46.2 Å². The first-order valence-electron chi connectivity index (χ1n) is 5.95. The van der Waals surface area contributed by atoms with Crippen LogP contribution in [0.4, 0.5) is 4.39 Å². The van der Waals surface area contributed by atoms with Crippen molar-refractivity contribution in [2.24, 2.45) is 0 Å². The van der Waals surface area contributed by atoms with Crippen molar-refractivity contribution in [1.29, 1.82) is 0 Å². The summed E-state index contributed by atoms with van der Waals surface area (Å²) in [6, 6.07) is 10.7. The van der Waals surface area contributed by atoms with E-state index in [4.69, 9.17) is 16.3 Å². The van der Waals surface area contributed by atoms with Gasteiger partial charge in [-0.2, -0.15) is 0 Å². The van der Waals surface area contributed by atoms with Gasteiger partial charge in [0.25, 0.3) is 0 Å². The van der Waals surface area contributed by atoms with Crippen LogP contribution < -0.4 is 4.74 Å². The van der Waals surface area contributed by atoms with Crippen molar-refractivity contribution in [3.63, 3.8) is 0 Å². The Kier molecular flexibility index (Phi) is 3.42. The van der Waals surface area contributed by atoms with E-state index >= 15 is 0 Å². The molecule has 3 rings (SSSR count). The Labute approximate surface area is 120 Å². The van der Waals surface area contributed by atoms with E-state index in [1.54, 1.807) is 24.9 Å². The minimum atomic E-state index is -0.214. The van der Waals surface area contributed by atoms with Crippen LogP contribution in [-0.2, 0) is 6.42 Å². The highest BCUT2D eigenvalue weighted by atomic mass is 35.5. The highest BCUT2D eigenvalue weighted by Gasteiger charge is 2.22. The minimum Gasteiger partial charge on any atom is -0.497 e. The molecule has 0 bridgehead atoms. The molecule has 98 valence electrons. The van der Waals surface area contributed by atoms with Gasteiger partial charge >= 0.3 is 0 Å². The molecule has 0 aliphatic carbocycles. The molecule has 0 amide bonds. The van der Waals surface area contributed by atoms with Gasteiger partial charge in [0.05, 0.1) is 12.5 Å². The van der Waals surface area contributed by atoms with Crippen LogP contribution in [0.3, 0.4) is 0 Å². The number of halogens is 2. The number of hydrogen-bond acceptors (Lipinski definition) is 2. The van der Waals surface area contributed by atoms with Crippen LogP contribution in [-0.4, -0.2) is 7.11 Å². The second kappa shape index (κ2) is 5.06. The number of benzene rings is 2. The van der Waals surface area contributed by atoms with Crippen molar-refractivity contribution in [3.05, 3.63) is 53.3 Å². The molecule has 1 atom stereocenters. The molecule has 0 spiro atoms. The number of hydrogen-bond donors (Lipinski definition) is 0. The summed E-state index contributed by atoms with van der Waals surface area (Å²) in [5.41, 5.74) is 2.13. The maximum atomic E-state index is 13.4. The standard InChI is InChI=1S/C15H12ClFOS/c1-18-11-4-5-14-12(8-11)13(16)6-9-2-3-10(17)7-15(9)19-14/h2-5,7-8,13H,6H2,1H3. The van der Waals surface area contributed by atoms with Crippen molar-refractivity contribution >= 4 is 23.4 Å². The molecule has 1 nitrogen and oxygen atoms in total. The quantitative estimate of drug-likeness (QED) is 0.697. The van der Waals surface area contributed by atoms with Gasteiger partial charge in [0.1, 0.15) is 11.6 Å². The van der Waals surface area contributed by atoms with Gasteiger partial charge < -0.3 is 4.74 Å². The van der Waals surface area contributed by atoms with Gasteiger partial charge in [-0.05, 0) is 47.9 Å². The van der Waals surface area contributed by atoms with Gasteiger partial charge in [-0.25, -0.2) is 4.39 Å². The number of ether oxygens (including phenoxy) is 1. The smallest absolute Gasteiger partial charge is 0.124 e. The Morgan fingerprint density at radius 3 is 2.84 bits per heavy atom. The molecular formula is C15H12ClFOS. The van der Waals surface area contributed by atoms with Gasteiger partial charge in [-0.15, -0.1) is 11.6 Å². The van der Waals surface area contributed by atoms with Crippen LogP contribution >= 0.6 is 23.4 Å². The number of alkyl halides is 1. The first-order valence-corrected chi connectivity index (χ1v) is 7.21. The Balaban J connectivity index is 2.10.